The molecule has 1 atom stereocenters. The molecule has 24 heavy (non-hydrogen) atoms. The number of hydrogen-bond donors (Lipinski definition) is 2. The average molecular weight is 350 g/mol. The molecular weight excluding hydrogens is 332 g/mol. The van der Waals surface area contributed by atoms with Crippen LogP contribution in [0.25, 0.3) is 0 Å². The Balaban J connectivity index is 2.13. The fourth-order valence-electron chi connectivity index (χ4n) is 2.49. The van der Waals surface area contributed by atoms with Crippen molar-refractivity contribution in [3.63, 3.8) is 0 Å². The summed E-state index contributed by atoms with van der Waals surface area (Å²) in [5.41, 5.74) is -0.640. The second-order valence-electron chi connectivity index (χ2n) is 5.90. The maximum absolute atomic E-state index is 12.4. The lowest BCUT2D eigenvalue weighted by atomic mass is 9.90. The summed E-state index contributed by atoms with van der Waals surface area (Å²) in [6.45, 7) is 1.97. The lowest BCUT2D eigenvalue weighted by Gasteiger charge is -2.20. The number of terminal acetylenes is 1. The van der Waals surface area contributed by atoms with Crippen molar-refractivity contribution in [2.45, 2.75) is 18.2 Å². The van der Waals surface area contributed by atoms with Crippen LogP contribution < -0.4 is 4.72 Å². The molecule has 1 aliphatic heterocycles. The Kier molecular flexibility index (Phi) is 4.96. The third-order valence-electron chi connectivity index (χ3n) is 4.05. The summed E-state index contributed by atoms with van der Waals surface area (Å²) in [7, 11) is -3.71. The van der Waals surface area contributed by atoms with E-state index in [1.165, 1.54) is 29.2 Å². The highest BCUT2D eigenvalue weighted by atomic mass is 32.2. The second kappa shape index (κ2) is 6.63. The smallest absolute Gasteiger partial charge is 0.311 e. The number of amides is 1. The van der Waals surface area contributed by atoms with Gasteiger partial charge in [0.25, 0.3) is 5.91 Å². The summed E-state index contributed by atoms with van der Waals surface area (Å²) in [5, 5.41) is 9.21. The molecule has 0 bridgehead atoms. The Morgan fingerprint density at radius 3 is 2.50 bits per heavy atom. The maximum Gasteiger partial charge on any atom is 0.311 e. The van der Waals surface area contributed by atoms with Gasteiger partial charge >= 0.3 is 5.97 Å². The minimum atomic E-state index is -3.71. The number of rotatable bonds is 5. The third-order valence-corrected chi connectivity index (χ3v) is 5.47. The summed E-state index contributed by atoms with van der Waals surface area (Å²) >= 11 is 0. The van der Waals surface area contributed by atoms with E-state index in [1.807, 2.05) is 0 Å². The number of likely N-dealkylation sites (tertiary alicyclic amines) is 1. The van der Waals surface area contributed by atoms with Crippen molar-refractivity contribution in [1.82, 2.24) is 9.62 Å². The van der Waals surface area contributed by atoms with Crippen LogP contribution in [0.2, 0.25) is 0 Å². The van der Waals surface area contributed by atoms with Crippen LogP contribution in [0.15, 0.2) is 29.2 Å². The lowest BCUT2D eigenvalue weighted by molar-refractivity contribution is -0.147. The third kappa shape index (κ3) is 3.58. The van der Waals surface area contributed by atoms with Crippen molar-refractivity contribution in [2.24, 2.45) is 5.41 Å². The molecular formula is C16H18N2O5S. The van der Waals surface area contributed by atoms with Crippen molar-refractivity contribution in [3.8, 4) is 12.3 Å². The Morgan fingerprint density at radius 1 is 1.38 bits per heavy atom. The van der Waals surface area contributed by atoms with E-state index >= 15 is 0 Å². The highest BCUT2D eigenvalue weighted by Crippen LogP contribution is 2.31. The molecule has 0 aliphatic carbocycles. The normalized spacial score (nSPS) is 20.6. The van der Waals surface area contributed by atoms with E-state index in [-0.39, 0.29) is 23.9 Å². The van der Waals surface area contributed by atoms with Crippen LogP contribution >= 0.6 is 0 Å². The molecule has 1 unspecified atom stereocenters. The van der Waals surface area contributed by atoms with Crippen LogP contribution in [0.5, 0.6) is 0 Å². The van der Waals surface area contributed by atoms with Crippen LogP contribution in [-0.2, 0) is 14.8 Å². The predicted molar refractivity (Wildman–Crippen MR) is 86.7 cm³/mol. The van der Waals surface area contributed by atoms with Crippen molar-refractivity contribution < 1.29 is 23.1 Å². The summed E-state index contributed by atoms with van der Waals surface area (Å²) in [6, 6.07) is 5.45. The maximum atomic E-state index is 12.4. The van der Waals surface area contributed by atoms with Gasteiger partial charge in [-0.25, -0.2) is 8.42 Å². The summed E-state index contributed by atoms with van der Waals surface area (Å²) in [4.78, 5) is 25.1. The number of nitrogens with one attached hydrogen (secondary N) is 1. The summed E-state index contributed by atoms with van der Waals surface area (Å²) in [6.07, 6.45) is 5.41. The van der Waals surface area contributed by atoms with E-state index in [1.54, 1.807) is 6.92 Å². The van der Waals surface area contributed by atoms with Gasteiger partial charge < -0.3 is 10.0 Å². The second-order valence-corrected chi connectivity index (χ2v) is 7.66. The van der Waals surface area contributed by atoms with E-state index in [0.29, 0.717) is 18.5 Å². The van der Waals surface area contributed by atoms with Gasteiger partial charge in [-0.15, -0.1) is 6.42 Å². The number of aliphatic carboxylic acids is 1. The Labute approximate surface area is 140 Å². The fraction of sp³-hybridized carbons (Fsp3) is 0.375. The molecule has 8 heteroatoms. The molecule has 0 radical (unpaired) electrons. The topological polar surface area (TPSA) is 104 Å². The Bertz CT molecular complexity index is 795. The minimum absolute atomic E-state index is 0.00564. The number of carboxylic acid groups (broad SMARTS) is 1. The van der Waals surface area contributed by atoms with Gasteiger partial charge in [0.05, 0.1) is 16.9 Å². The van der Waals surface area contributed by atoms with Gasteiger partial charge in [0, 0.05) is 18.7 Å². The van der Waals surface area contributed by atoms with E-state index in [4.69, 9.17) is 6.42 Å². The fourth-order valence-corrected chi connectivity index (χ4v) is 3.42. The predicted octanol–water partition coefficient (Wildman–Crippen LogP) is 0.535. The van der Waals surface area contributed by atoms with Crippen molar-refractivity contribution >= 4 is 21.9 Å². The number of benzene rings is 1. The number of hydrogen-bond acceptors (Lipinski definition) is 4. The van der Waals surface area contributed by atoms with E-state index in [0.717, 1.165) is 0 Å². The molecule has 128 valence electrons. The minimum Gasteiger partial charge on any atom is -0.481 e. The number of carbonyl (C=O) groups excluding carboxylic acids is 1. The Morgan fingerprint density at radius 2 is 2.00 bits per heavy atom. The first-order chi connectivity index (χ1) is 11.2. The zero-order valence-corrected chi connectivity index (χ0v) is 14.0. The molecule has 0 spiro atoms. The lowest BCUT2D eigenvalue weighted by Crippen LogP contribution is -2.34. The molecule has 7 nitrogen and oxygen atoms in total. The molecule has 2 N–H and O–H groups in total. The van der Waals surface area contributed by atoms with Crippen LogP contribution in [0.1, 0.15) is 23.7 Å². The zero-order valence-electron chi connectivity index (χ0n) is 13.2. The van der Waals surface area contributed by atoms with Crippen molar-refractivity contribution in [2.75, 3.05) is 19.6 Å². The van der Waals surface area contributed by atoms with Crippen LogP contribution in [0.4, 0.5) is 0 Å². The van der Waals surface area contributed by atoms with E-state index in [2.05, 4.69) is 10.6 Å². The largest absolute Gasteiger partial charge is 0.481 e. The SMILES string of the molecule is C#CCNS(=O)(=O)c1ccc(C(=O)N2CCC(C)(C(=O)O)C2)cc1. The first-order valence-electron chi connectivity index (χ1n) is 7.25. The first kappa shape index (κ1) is 18.0. The van der Waals surface area contributed by atoms with E-state index < -0.39 is 21.4 Å². The van der Waals surface area contributed by atoms with Gasteiger partial charge in [-0.2, -0.15) is 4.72 Å². The van der Waals surface area contributed by atoms with Gasteiger partial charge in [0.2, 0.25) is 10.0 Å². The van der Waals surface area contributed by atoms with Gasteiger partial charge in [0.1, 0.15) is 0 Å². The molecule has 1 saturated heterocycles. The van der Waals surface area contributed by atoms with Crippen molar-refractivity contribution in [1.29, 1.82) is 0 Å². The zero-order chi connectivity index (χ0) is 18.0. The molecule has 2 rings (SSSR count). The van der Waals surface area contributed by atoms with Gasteiger partial charge in [-0.1, -0.05) is 5.92 Å². The van der Waals surface area contributed by atoms with Crippen LogP contribution in [0.3, 0.4) is 0 Å². The molecule has 1 aromatic carbocycles. The van der Waals surface area contributed by atoms with Crippen molar-refractivity contribution in [3.05, 3.63) is 29.8 Å². The molecule has 1 amide bonds. The first-order valence-corrected chi connectivity index (χ1v) is 8.74. The molecule has 0 aromatic heterocycles. The van der Waals surface area contributed by atoms with E-state index in [9.17, 15) is 23.1 Å². The van der Waals surface area contributed by atoms with Gasteiger partial charge in [-0.3, -0.25) is 9.59 Å². The highest BCUT2D eigenvalue weighted by molar-refractivity contribution is 7.89. The standard InChI is InChI=1S/C16H18N2O5S/c1-3-9-17-24(22,23)13-6-4-12(5-7-13)14(19)18-10-8-16(2,11-18)15(20)21/h1,4-7,17H,8-11H2,2H3,(H,20,21). The molecule has 1 heterocycles. The average Bonchev–Trinajstić information content (AvgIpc) is 2.96. The number of carboxylic acids is 1. The number of sulfonamides is 1. The number of nitrogens with zero attached hydrogens (tertiary/aromatic N) is 1. The number of carbonyl (C=O) groups is 2. The molecule has 0 saturated carbocycles. The quantitative estimate of drug-likeness (QED) is 0.754. The monoisotopic (exact) mass is 350 g/mol. The van der Waals surface area contributed by atoms with Crippen LogP contribution in [-0.4, -0.2) is 49.9 Å². The van der Waals surface area contributed by atoms with Crippen LogP contribution in [0, 0.1) is 17.8 Å². The molecule has 1 fully saturated rings. The Hall–Kier alpha value is -2.37. The summed E-state index contributed by atoms with van der Waals surface area (Å²) in [5.74, 6) is 0.927. The van der Waals surface area contributed by atoms with Gasteiger partial charge in [-0.05, 0) is 37.6 Å². The van der Waals surface area contributed by atoms with Gasteiger partial charge in [0.15, 0.2) is 0 Å². The summed E-state index contributed by atoms with van der Waals surface area (Å²) < 4.78 is 26.1. The highest BCUT2D eigenvalue weighted by Gasteiger charge is 2.42. The molecule has 1 aliphatic rings. The molecule has 1 aromatic rings.